The van der Waals surface area contributed by atoms with Gasteiger partial charge in [-0.2, -0.15) is 0 Å². The maximum absolute atomic E-state index is 12.3. The Hall–Kier alpha value is -1.92. The van der Waals surface area contributed by atoms with Gasteiger partial charge < -0.3 is 0 Å². The highest BCUT2D eigenvalue weighted by Crippen LogP contribution is 2.22. The monoisotopic (exact) mass is 344 g/mol. The van der Waals surface area contributed by atoms with E-state index < -0.39 is 0 Å². The molecule has 0 atom stereocenters. The third kappa shape index (κ3) is 3.23. The molecule has 0 amide bonds. The quantitative estimate of drug-likeness (QED) is 0.404. The van der Waals surface area contributed by atoms with E-state index in [4.69, 9.17) is 0 Å². The van der Waals surface area contributed by atoms with E-state index >= 15 is 0 Å². The number of benzene rings is 1. The predicted molar refractivity (Wildman–Crippen MR) is 95.7 cm³/mol. The van der Waals surface area contributed by atoms with Crippen molar-refractivity contribution in [1.29, 1.82) is 0 Å². The molecule has 6 heteroatoms. The molecule has 0 N–H and O–H groups in total. The maximum Gasteiger partial charge on any atom is 0.261 e. The Morgan fingerprint density at radius 1 is 1.26 bits per heavy atom. The zero-order chi connectivity index (χ0) is 16.4. The molecule has 2 heterocycles. The second-order valence-electron chi connectivity index (χ2n) is 5.11. The van der Waals surface area contributed by atoms with Crippen molar-refractivity contribution in [3.05, 3.63) is 56.5 Å². The summed E-state index contributed by atoms with van der Waals surface area (Å²) < 4.78 is 1.51. The number of thioether (sulfide) groups is 1. The number of ketones is 1. The lowest BCUT2D eigenvalue weighted by Crippen LogP contribution is -2.20. The molecule has 0 fully saturated rings. The number of nitrogens with zero attached hydrogens (tertiary/aromatic N) is 2. The summed E-state index contributed by atoms with van der Waals surface area (Å²) in [5, 5.41) is 1.16. The fourth-order valence-electron chi connectivity index (χ4n) is 2.25. The number of rotatable bonds is 5. The van der Waals surface area contributed by atoms with Gasteiger partial charge in [0, 0.05) is 11.9 Å². The molecule has 0 unspecified atom stereocenters. The highest BCUT2D eigenvalue weighted by atomic mass is 32.2. The van der Waals surface area contributed by atoms with Crippen LogP contribution in [0.1, 0.15) is 21.5 Å². The van der Waals surface area contributed by atoms with Crippen LogP contribution in [0, 0.1) is 0 Å². The van der Waals surface area contributed by atoms with Crippen LogP contribution in [0.15, 0.2) is 46.3 Å². The number of fused-ring (bicyclic) bond motifs is 1. The Bertz CT molecular complexity index is 928. The standard InChI is InChI=1S/C17H16N2O2S2/c1-3-11-8-9-15(23-11)14(20)10-22-17-18-13-7-5-4-6-12(13)16(21)19(17)2/h4-9H,3,10H2,1-2H3. The first kappa shape index (κ1) is 16.0. The Morgan fingerprint density at radius 3 is 2.78 bits per heavy atom. The lowest BCUT2D eigenvalue weighted by atomic mass is 10.2. The topological polar surface area (TPSA) is 52.0 Å². The molecule has 4 nitrogen and oxygen atoms in total. The van der Waals surface area contributed by atoms with Gasteiger partial charge in [0.2, 0.25) is 0 Å². The van der Waals surface area contributed by atoms with E-state index in [0.717, 1.165) is 11.3 Å². The van der Waals surface area contributed by atoms with E-state index in [9.17, 15) is 9.59 Å². The Labute approximate surface area is 142 Å². The molecule has 3 aromatic rings. The molecular formula is C17H16N2O2S2. The van der Waals surface area contributed by atoms with E-state index in [1.165, 1.54) is 32.5 Å². The molecule has 0 saturated carbocycles. The van der Waals surface area contributed by atoms with Crippen LogP contribution < -0.4 is 5.56 Å². The number of carbonyl (C=O) groups is 1. The number of aromatic nitrogens is 2. The van der Waals surface area contributed by atoms with E-state index in [1.807, 2.05) is 30.3 Å². The van der Waals surface area contributed by atoms with Crippen LogP contribution in [0.2, 0.25) is 0 Å². The third-order valence-electron chi connectivity index (χ3n) is 3.56. The number of para-hydroxylation sites is 1. The zero-order valence-corrected chi connectivity index (χ0v) is 14.5. The summed E-state index contributed by atoms with van der Waals surface area (Å²) in [6.07, 6.45) is 0.936. The van der Waals surface area contributed by atoms with Crippen molar-refractivity contribution >= 4 is 39.8 Å². The fraction of sp³-hybridized carbons (Fsp3) is 0.235. The summed E-state index contributed by atoms with van der Waals surface area (Å²) in [6, 6.07) is 11.1. The summed E-state index contributed by atoms with van der Waals surface area (Å²) in [6.45, 7) is 2.07. The number of hydrogen-bond donors (Lipinski definition) is 0. The lowest BCUT2D eigenvalue weighted by Gasteiger charge is -2.07. The molecule has 118 valence electrons. The first-order valence-corrected chi connectivity index (χ1v) is 9.11. The molecule has 0 radical (unpaired) electrons. The highest BCUT2D eigenvalue weighted by molar-refractivity contribution is 7.99. The average molecular weight is 344 g/mol. The van der Waals surface area contributed by atoms with E-state index in [1.54, 1.807) is 13.1 Å². The first-order valence-electron chi connectivity index (χ1n) is 7.30. The van der Waals surface area contributed by atoms with Gasteiger partial charge >= 0.3 is 0 Å². The summed E-state index contributed by atoms with van der Waals surface area (Å²) in [7, 11) is 1.69. The van der Waals surface area contributed by atoms with E-state index in [0.29, 0.717) is 16.1 Å². The maximum atomic E-state index is 12.3. The Kier molecular flexibility index (Phi) is 4.63. The minimum absolute atomic E-state index is 0.0714. The van der Waals surface area contributed by atoms with Crippen LogP contribution in [0.3, 0.4) is 0 Å². The predicted octanol–water partition coefficient (Wildman–Crippen LogP) is 3.53. The Balaban J connectivity index is 1.83. The molecule has 0 saturated heterocycles. The van der Waals surface area contributed by atoms with Crippen LogP contribution in [0.25, 0.3) is 10.9 Å². The molecule has 0 bridgehead atoms. The molecule has 0 spiro atoms. The summed E-state index contributed by atoms with van der Waals surface area (Å²) >= 11 is 2.84. The number of Topliss-reactive ketones (excluding diaryl/α,β-unsaturated/α-hetero) is 1. The van der Waals surface area contributed by atoms with Gasteiger partial charge in [-0.25, -0.2) is 4.98 Å². The summed E-state index contributed by atoms with van der Waals surface area (Å²) in [5.41, 5.74) is 0.574. The lowest BCUT2D eigenvalue weighted by molar-refractivity contribution is 0.102. The van der Waals surface area contributed by atoms with Gasteiger partial charge in [0.1, 0.15) is 0 Å². The minimum Gasteiger partial charge on any atom is -0.292 e. The van der Waals surface area contributed by atoms with Crippen molar-refractivity contribution in [2.75, 3.05) is 5.75 Å². The van der Waals surface area contributed by atoms with Crippen molar-refractivity contribution in [3.63, 3.8) is 0 Å². The number of aryl methyl sites for hydroxylation is 1. The summed E-state index contributed by atoms with van der Waals surface area (Å²) in [4.78, 5) is 31.1. The normalized spacial score (nSPS) is 11.0. The SMILES string of the molecule is CCc1ccc(C(=O)CSc2nc3ccccc3c(=O)n2C)s1. The van der Waals surface area contributed by atoms with E-state index in [2.05, 4.69) is 11.9 Å². The summed E-state index contributed by atoms with van der Waals surface area (Å²) in [5.74, 6) is 0.351. The van der Waals surface area contributed by atoms with Crippen LogP contribution in [0.5, 0.6) is 0 Å². The molecule has 1 aromatic carbocycles. The highest BCUT2D eigenvalue weighted by Gasteiger charge is 2.13. The minimum atomic E-state index is -0.0880. The van der Waals surface area contributed by atoms with Crippen molar-refractivity contribution in [3.8, 4) is 0 Å². The largest absolute Gasteiger partial charge is 0.292 e. The van der Waals surface area contributed by atoms with Gasteiger partial charge in [0.15, 0.2) is 10.9 Å². The Morgan fingerprint density at radius 2 is 2.04 bits per heavy atom. The van der Waals surface area contributed by atoms with Gasteiger partial charge in [0.05, 0.1) is 21.5 Å². The van der Waals surface area contributed by atoms with Gasteiger partial charge in [-0.3, -0.25) is 14.2 Å². The van der Waals surface area contributed by atoms with Gasteiger partial charge in [0.25, 0.3) is 5.56 Å². The first-order chi connectivity index (χ1) is 11.1. The van der Waals surface area contributed by atoms with Gasteiger partial charge in [-0.15, -0.1) is 11.3 Å². The third-order valence-corrected chi connectivity index (χ3v) is 5.86. The van der Waals surface area contributed by atoms with Crippen LogP contribution in [-0.4, -0.2) is 21.1 Å². The molecular weight excluding hydrogens is 328 g/mol. The average Bonchev–Trinajstić information content (AvgIpc) is 3.06. The second-order valence-corrected chi connectivity index (χ2v) is 7.22. The van der Waals surface area contributed by atoms with Crippen molar-refractivity contribution in [2.24, 2.45) is 7.05 Å². The molecule has 0 aliphatic rings. The van der Waals surface area contributed by atoms with Crippen LogP contribution in [0.4, 0.5) is 0 Å². The fourth-order valence-corrected chi connectivity index (χ4v) is 4.08. The van der Waals surface area contributed by atoms with E-state index in [-0.39, 0.29) is 17.1 Å². The van der Waals surface area contributed by atoms with Crippen molar-refractivity contribution in [1.82, 2.24) is 9.55 Å². The number of carbonyl (C=O) groups excluding carboxylic acids is 1. The molecule has 0 aliphatic carbocycles. The zero-order valence-electron chi connectivity index (χ0n) is 12.9. The molecule has 0 aliphatic heterocycles. The number of hydrogen-bond acceptors (Lipinski definition) is 5. The second kappa shape index (κ2) is 6.68. The molecule has 3 rings (SSSR count). The van der Waals surface area contributed by atoms with Gasteiger partial charge in [-0.1, -0.05) is 30.8 Å². The molecule has 2 aromatic heterocycles. The molecule has 23 heavy (non-hydrogen) atoms. The van der Waals surface area contributed by atoms with Crippen molar-refractivity contribution < 1.29 is 4.79 Å². The van der Waals surface area contributed by atoms with Crippen LogP contribution >= 0.6 is 23.1 Å². The smallest absolute Gasteiger partial charge is 0.261 e. The van der Waals surface area contributed by atoms with Crippen LogP contribution in [-0.2, 0) is 13.5 Å². The number of thiophene rings is 1. The van der Waals surface area contributed by atoms with Crippen molar-refractivity contribution in [2.45, 2.75) is 18.5 Å². The van der Waals surface area contributed by atoms with Gasteiger partial charge in [-0.05, 0) is 30.7 Å².